The number of phenolic OH excluding ortho intramolecular Hbond substituents is 3. The summed E-state index contributed by atoms with van der Waals surface area (Å²) in [6.07, 6.45) is 8.88. The van der Waals surface area contributed by atoms with Crippen molar-refractivity contribution in [3.8, 4) is 28.7 Å². The van der Waals surface area contributed by atoms with Crippen molar-refractivity contribution in [1.82, 2.24) is 0 Å². The minimum Gasteiger partial charge on any atom is -0.507 e. The highest BCUT2D eigenvalue weighted by atomic mass is 16.5. The Morgan fingerprint density at radius 2 is 1.86 bits per heavy atom. The van der Waals surface area contributed by atoms with E-state index in [-0.39, 0.29) is 40.8 Å². The van der Waals surface area contributed by atoms with Crippen LogP contribution in [-0.2, 0) is 12.8 Å². The Morgan fingerprint density at radius 1 is 1.11 bits per heavy atom. The Hall–Kier alpha value is -3.67. The number of phenols is 3. The van der Waals surface area contributed by atoms with E-state index in [4.69, 9.17) is 9.47 Å². The third-order valence-corrected chi connectivity index (χ3v) is 6.69. The lowest BCUT2D eigenvalue weighted by Crippen LogP contribution is -2.35. The Balaban J connectivity index is 1.67. The molecule has 3 N–H and O–H groups in total. The van der Waals surface area contributed by atoms with E-state index in [1.165, 1.54) is 11.6 Å². The first-order chi connectivity index (χ1) is 17.0. The summed E-state index contributed by atoms with van der Waals surface area (Å²) in [5.41, 5.74) is 3.60. The standard InChI is InChI=1S/C30H34O6/c1-17(2)7-6-13-30(5)14-12-20-19(10-11-22(31)29(20)36-30)25-16-24(33)27-26(35-25)15-23(32)21(28(27)34)9-8-18(3)4/h6-8,10-11,13,15,25,31-32,34H,9,12,14,16H2,1-5H3/t25-,30+/m0/s1. The van der Waals surface area contributed by atoms with Crippen LogP contribution in [-0.4, -0.2) is 26.7 Å². The van der Waals surface area contributed by atoms with Crippen molar-refractivity contribution in [2.24, 2.45) is 0 Å². The molecule has 2 atom stereocenters. The maximum atomic E-state index is 13.2. The van der Waals surface area contributed by atoms with Gasteiger partial charge in [-0.05, 0) is 71.6 Å². The van der Waals surface area contributed by atoms with E-state index in [0.717, 1.165) is 16.7 Å². The second-order valence-electron chi connectivity index (χ2n) is 10.3. The van der Waals surface area contributed by atoms with Crippen LogP contribution >= 0.6 is 0 Å². The van der Waals surface area contributed by atoms with Gasteiger partial charge in [0.05, 0.1) is 6.42 Å². The molecule has 2 aromatic carbocycles. The molecule has 2 aliphatic heterocycles. The number of ether oxygens (including phenoxy) is 2. The van der Waals surface area contributed by atoms with Gasteiger partial charge in [0.15, 0.2) is 17.3 Å². The van der Waals surface area contributed by atoms with E-state index in [2.05, 4.69) is 0 Å². The van der Waals surface area contributed by atoms with Crippen LogP contribution in [0.4, 0.5) is 0 Å². The maximum Gasteiger partial charge on any atom is 0.174 e. The number of allylic oxidation sites excluding steroid dienone is 5. The fourth-order valence-electron chi connectivity index (χ4n) is 4.70. The van der Waals surface area contributed by atoms with Crippen molar-refractivity contribution in [2.75, 3.05) is 0 Å². The molecule has 0 aromatic heterocycles. The van der Waals surface area contributed by atoms with E-state index in [0.29, 0.717) is 30.6 Å². The third-order valence-electron chi connectivity index (χ3n) is 6.69. The molecule has 2 aromatic rings. The molecule has 0 amide bonds. The highest BCUT2D eigenvalue weighted by Crippen LogP contribution is 2.48. The van der Waals surface area contributed by atoms with Crippen LogP contribution in [0.1, 0.15) is 80.6 Å². The largest absolute Gasteiger partial charge is 0.507 e. The maximum absolute atomic E-state index is 13.2. The van der Waals surface area contributed by atoms with Gasteiger partial charge in [-0.3, -0.25) is 4.79 Å². The van der Waals surface area contributed by atoms with Crippen LogP contribution in [0.15, 0.2) is 53.6 Å². The van der Waals surface area contributed by atoms with Crippen molar-refractivity contribution in [2.45, 2.75) is 72.0 Å². The molecule has 0 bridgehead atoms. The van der Waals surface area contributed by atoms with Gasteiger partial charge in [-0.15, -0.1) is 0 Å². The fourth-order valence-corrected chi connectivity index (χ4v) is 4.70. The van der Waals surface area contributed by atoms with Crippen molar-refractivity contribution >= 4 is 5.78 Å². The topological polar surface area (TPSA) is 96.2 Å². The summed E-state index contributed by atoms with van der Waals surface area (Å²) in [6, 6.07) is 4.72. The zero-order valence-corrected chi connectivity index (χ0v) is 21.5. The first-order valence-corrected chi connectivity index (χ1v) is 12.3. The van der Waals surface area contributed by atoms with Gasteiger partial charge in [-0.25, -0.2) is 0 Å². The fraction of sp³-hybridized carbons (Fsp3) is 0.367. The van der Waals surface area contributed by atoms with Gasteiger partial charge >= 0.3 is 0 Å². The Bertz CT molecular complexity index is 1290. The number of carbonyl (C=O) groups is 1. The predicted molar refractivity (Wildman–Crippen MR) is 139 cm³/mol. The molecule has 6 nitrogen and oxygen atoms in total. The van der Waals surface area contributed by atoms with Crippen molar-refractivity contribution in [3.63, 3.8) is 0 Å². The van der Waals surface area contributed by atoms with Gasteiger partial charge in [-0.2, -0.15) is 0 Å². The molecule has 2 aliphatic rings. The van der Waals surface area contributed by atoms with Gasteiger partial charge in [-0.1, -0.05) is 35.4 Å². The van der Waals surface area contributed by atoms with Crippen LogP contribution in [0.2, 0.25) is 0 Å². The van der Waals surface area contributed by atoms with Gasteiger partial charge in [0.1, 0.15) is 34.5 Å². The smallest absolute Gasteiger partial charge is 0.174 e. The second-order valence-corrected chi connectivity index (χ2v) is 10.3. The molecule has 0 radical (unpaired) electrons. The van der Waals surface area contributed by atoms with E-state index in [9.17, 15) is 20.1 Å². The molecule has 0 unspecified atom stereocenters. The van der Waals surface area contributed by atoms with Crippen LogP contribution in [0.5, 0.6) is 28.7 Å². The molecule has 0 fully saturated rings. The van der Waals surface area contributed by atoms with E-state index in [1.807, 2.05) is 58.9 Å². The number of hydrogen-bond donors (Lipinski definition) is 3. The average molecular weight is 491 g/mol. The SMILES string of the molecule is CC(C)=CC=C[C@]1(C)CCc2c([C@@H]3CC(=O)c4c(cc(O)c(CC=C(C)C)c4O)O3)ccc(O)c2O1. The lowest BCUT2D eigenvalue weighted by Gasteiger charge is -2.36. The van der Waals surface area contributed by atoms with Crippen molar-refractivity contribution < 1.29 is 29.6 Å². The minimum atomic E-state index is -0.629. The molecule has 190 valence electrons. The number of aromatic hydroxyl groups is 3. The molecular formula is C30H34O6. The summed E-state index contributed by atoms with van der Waals surface area (Å²) in [5, 5.41) is 31.9. The number of ketones is 1. The first-order valence-electron chi connectivity index (χ1n) is 12.3. The number of hydrogen-bond acceptors (Lipinski definition) is 6. The van der Waals surface area contributed by atoms with Gasteiger partial charge in [0.2, 0.25) is 0 Å². The first kappa shape index (κ1) is 25.4. The minimum absolute atomic E-state index is 0.0301. The Kier molecular flexibility index (Phi) is 6.90. The molecule has 0 saturated carbocycles. The quantitative estimate of drug-likeness (QED) is 0.322. The summed E-state index contributed by atoms with van der Waals surface area (Å²) in [5.74, 6) is -0.0247. The zero-order chi connectivity index (χ0) is 26.2. The van der Waals surface area contributed by atoms with Crippen LogP contribution in [0, 0.1) is 0 Å². The summed E-state index contributed by atoms with van der Waals surface area (Å²) < 4.78 is 12.4. The van der Waals surface area contributed by atoms with Gasteiger partial charge in [0, 0.05) is 17.2 Å². The molecular weight excluding hydrogens is 456 g/mol. The summed E-state index contributed by atoms with van der Waals surface area (Å²) in [6.45, 7) is 9.88. The number of Topliss-reactive ketones (excluding diaryl/α,β-unsaturated/α-hetero) is 1. The summed E-state index contributed by atoms with van der Waals surface area (Å²) in [4.78, 5) is 13.2. The lowest BCUT2D eigenvalue weighted by molar-refractivity contribution is 0.0830. The molecule has 4 rings (SSSR count). The summed E-state index contributed by atoms with van der Waals surface area (Å²) in [7, 11) is 0. The molecule has 0 spiro atoms. The zero-order valence-electron chi connectivity index (χ0n) is 21.5. The third kappa shape index (κ3) is 4.99. The van der Waals surface area contributed by atoms with Crippen LogP contribution < -0.4 is 9.47 Å². The van der Waals surface area contributed by atoms with Crippen LogP contribution in [0.25, 0.3) is 0 Å². The Labute approximate surface area is 212 Å². The monoisotopic (exact) mass is 490 g/mol. The Morgan fingerprint density at radius 3 is 2.56 bits per heavy atom. The van der Waals surface area contributed by atoms with E-state index >= 15 is 0 Å². The van der Waals surface area contributed by atoms with E-state index in [1.54, 1.807) is 12.1 Å². The highest BCUT2D eigenvalue weighted by molar-refractivity contribution is 6.03. The van der Waals surface area contributed by atoms with E-state index < -0.39 is 11.7 Å². The second kappa shape index (κ2) is 9.76. The van der Waals surface area contributed by atoms with Gasteiger partial charge < -0.3 is 24.8 Å². The van der Waals surface area contributed by atoms with Crippen molar-refractivity contribution in [3.05, 3.63) is 75.9 Å². The molecule has 6 heteroatoms. The predicted octanol–water partition coefficient (Wildman–Crippen LogP) is 6.62. The highest BCUT2D eigenvalue weighted by Gasteiger charge is 2.37. The van der Waals surface area contributed by atoms with Gasteiger partial charge in [0.25, 0.3) is 0 Å². The summed E-state index contributed by atoms with van der Waals surface area (Å²) >= 11 is 0. The normalized spacial score (nSPS) is 20.7. The molecule has 36 heavy (non-hydrogen) atoms. The molecule has 2 heterocycles. The molecule has 0 aliphatic carbocycles. The number of rotatable bonds is 5. The lowest BCUT2D eigenvalue weighted by atomic mass is 9.85. The van der Waals surface area contributed by atoms with Crippen LogP contribution in [0.3, 0.4) is 0 Å². The number of carbonyl (C=O) groups excluding carboxylic acids is 1. The average Bonchev–Trinajstić information content (AvgIpc) is 2.78. The van der Waals surface area contributed by atoms with Crippen molar-refractivity contribution in [1.29, 1.82) is 0 Å². The number of fused-ring (bicyclic) bond motifs is 2. The molecule has 0 saturated heterocycles. The number of benzene rings is 2.